The molecule has 0 aliphatic rings. The molecular formula is C18H25N7O2. The van der Waals surface area contributed by atoms with E-state index in [2.05, 4.69) is 19.9 Å². The number of nitrogens with zero attached hydrogens (tertiary/aromatic N) is 3. The fraction of sp³-hybridized carbons (Fsp3) is 0.389. The molecule has 0 amide bonds. The number of pyridine rings is 1. The Balaban J connectivity index is 1.89. The molecule has 1 aromatic carbocycles. The van der Waals surface area contributed by atoms with Gasteiger partial charge in [0.05, 0.1) is 24.2 Å². The van der Waals surface area contributed by atoms with E-state index < -0.39 is 0 Å². The first-order chi connectivity index (χ1) is 13.1. The highest BCUT2D eigenvalue weighted by molar-refractivity contribution is 6.06. The molecule has 3 aromatic rings. The fourth-order valence-electron chi connectivity index (χ4n) is 2.97. The average Bonchev–Trinajstić information content (AvgIpc) is 3.02. The fourth-order valence-corrected chi connectivity index (χ4v) is 2.97. The van der Waals surface area contributed by atoms with Gasteiger partial charge >= 0.3 is 0 Å². The molecule has 0 radical (unpaired) electrons. The monoisotopic (exact) mass is 371 g/mol. The summed E-state index contributed by atoms with van der Waals surface area (Å²) in [6.07, 6.45) is 0. The van der Waals surface area contributed by atoms with Gasteiger partial charge in [-0.1, -0.05) is 18.2 Å². The normalized spacial score (nSPS) is 11.3. The Morgan fingerprint density at radius 2 is 2.04 bits per heavy atom. The van der Waals surface area contributed by atoms with Gasteiger partial charge in [-0.25, -0.2) is 9.97 Å². The van der Waals surface area contributed by atoms with E-state index in [0.717, 1.165) is 22.2 Å². The zero-order valence-electron chi connectivity index (χ0n) is 15.4. The molecule has 0 saturated heterocycles. The van der Waals surface area contributed by atoms with Crippen LogP contribution in [0.5, 0.6) is 0 Å². The van der Waals surface area contributed by atoms with E-state index in [4.69, 9.17) is 26.4 Å². The quantitative estimate of drug-likeness (QED) is 0.252. The summed E-state index contributed by atoms with van der Waals surface area (Å²) in [6, 6.07) is 7.87. The summed E-state index contributed by atoms with van der Waals surface area (Å²) in [5, 5.41) is 10.8. The van der Waals surface area contributed by atoms with Crippen LogP contribution in [-0.2, 0) is 22.6 Å². The van der Waals surface area contributed by atoms with Crippen LogP contribution < -0.4 is 16.8 Å². The summed E-state index contributed by atoms with van der Waals surface area (Å²) >= 11 is 0. The number of nitrogens with two attached hydrogens (primary N) is 2. The maximum absolute atomic E-state index is 7.14. The van der Waals surface area contributed by atoms with Crippen LogP contribution in [-0.4, -0.2) is 46.9 Å². The van der Waals surface area contributed by atoms with Crippen LogP contribution in [0.1, 0.15) is 12.7 Å². The van der Waals surface area contributed by atoms with Crippen molar-refractivity contribution in [3.05, 3.63) is 30.1 Å². The molecule has 0 bridgehead atoms. The van der Waals surface area contributed by atoms with Crippen LogP contribution in [0.2, 0.25) is 0 Å². The summed E-state index contributed by atoms with van der Waals surface area (Å²) in [4.78, 5) is 9.14. The molecule has 27 heavy (non-hydrogen) atoms. The number of aromatic nitrogens is 3. The van der Waals surface area contributed by atoms with E-state index in [9.17, 15) is 0 Å². The van der Waals surface area contributed by atoms with Crippen LogP contribution in [0, 0.1) is 5.41 Å². The maximum Gasteiger partial charge on any atom is 0.185 e. The number of nitrogen functional groups attached to an aromatic ring is 1. The molecular weight excluding hydrogens is 346 g/mol. The predicted molar refractivity (Wildman–Crippen MR) is 106 cm³/mol. The average molecular weight is 371 g/mol. The minimum Gasteiger partial charge on any atom is -0.382 e. The van der Waals surface area contributed by atoms with Gasteiger partial charge in [-0.3, -0.25) is 5.41 Å². The zero-order chi connectivity index (χ0) is 19.2. The van der Waals surface area contributed by atoms with E-state index in [1.165, 1.54) is 0 Å². The summed E-state index contributed by atoms with van der Waals surface area (Å²) in [5.41, 5.74) is 13.9. The van der Waals surface area contributed by atoms with E-state index in [-0.39, 0.29) is 5.96 Å². The Hall–Kier alpha value is -2.91. The lowest BCUT2D eigenvalue weighted by Crippen LogP contribution is -2.33. The maximum atomic E-state index is 7.14. The molecule has 0 atom stereocenters. The summed E-state index contributed by atoms with van der Waals surface area (Å²) < 4.78 is 13.3. The Kier molecular flexibility index (Phi) is 6.05. The second-order valence-electron chi connectivity index (χ2n) is 5.98. The van der Waals surface area contributed by atoms with Crippen LogP contribution >= 0.6 is 0 Å². The van der Waals surface area contributed by atoms with E-state index in [1.807, 2.05) is 31.2 Å². The van der Waals surface area contributed by atoms with Gasteiger partial charge in [0.15, 0.2) is 11.8 Å². The molecule has 0 fully saturated rings. The van der Waals surface area contributed by atoms with Gasteiger partial charge in [0.1, 0.15) is 17.9 Å². The number of imidazole rings is 1. The molecule has 9 heteroatoms. The summed E-state index contributed by atoms with van der Waals surface area (Å²) in [6.45, 7) is 4.98. The number of nitrogens with one attached hydrogen (secondary N) is 2. The molecule has 2 aromatic heterocycles. The third kappa shape index (κ3) is 4.26. The standard InChI is InChI=1S/C18H25N7O2/c1-2-26-11-14-24-15-16(12-5-3-4-6-13(12)23-17(15)19)25(14)8-10-27-9-7-22-18(20)21/h3-6H,2,7-11H2,1H3,(H2,19,23)(H4,20,21,22). The van der Waals surface area contributed by atoms with E-state index >= 15 is 0 Å². The van der Waals surface area contributed by atoms with Crippen molar-refractivity contribution in [2.45, 2.75) is 20.1 Å². The smallest absolute Gasteiger partial charge is 0.185 e. The molecule has 0 aliphatic heterocycles. The minimum absolute atomic E-state index is 0.0624. The van der Waals surface area contributed by atoms with Crippen LogP contribution in [0.3, 0.4) is 0 Å². The third-order valence-corrected chi connectivity index (χ3v) is 4.15. The van der Waals surface area contributed by atoms with Crippen molar-refractivity contribution in [2.24, 2.45) is 5.73 Å². The third-order valence-electron chi connectivity index (χ3n) is 4.15. The predicted octanol–water partition coefficient (Wildman–Crippen LogP) is 1.20. The van der Waals surface area contributed by atoms with Crippen molar-refractivity contribution in [3.8, 4) is 0 Å². The molecule has 0 spiro atoms. The molecule has 6 N–H and O–H groups in total. The van der Waals surface area contributed by atoms with Gasteiger partial charge in [0, 0.05) is 25.1 Å². The number of fused-ring (bicyclic) bond motifs is 3. The van der Waals surface area contributed by atoms with Gasteiger partial charge in [-0.05, 0) is 13.0 Å². The number of hydrogen-bond acceptors (Lipinski definition) is 6. The number of hydrogen-bond donors (Lipinski definition) is 4. The number of anilines is 1. The van der Waals surface area contributed by atoms with E-state index in [1.54, 1.807) is 0 Å². The first-order valence-electron chi connectivity index (χ1n) is 8.88. The molecule has 0 aliphatic carbocycles. The Bertz CT molecular complexity index is 938. The first kappa shape index (κ1) is 18.9. The molecule has 3 rings (SSSR count). The van der Waals surface area contributed by atoms with Gasteiger partial charge in [0.2, 0.25) is 0 Å². The van der Waals surface area contributed by atoms with Crippen LogP contribution in [0.25, 0.3) is 21.9 Å². The highest BCUT2D eigenvalue weighted by Gasteiger charge is 2.17. The number of benzene rings is 1. The Morgan fingerprint density at radius 1 is 1.22 bits per heavy atom. The highest BCUT2D eigenvalue weighted by Crippen LogP contribution is 2.28. The van der Waals surface area contributed by atoms with E-state index in [0.29, 0.717) is 50.9 Å². The molecule has 0 saturated carbocycles. The van der Waals surface area contributed by atoms with Gasteiger partial charge in [-0.2, -0.15) is 0 Å². The second-order valence-corrected chi connectivity index (χ2v) is 5.98. The van der Waals surface area contributed by atoms with Gasteiger partial charge in [0.25, 0.3) is 0 Å². The SMILES string of the molecule is CCOCc1nc2c(N)nc3ccccc3c2n1CCOCCNC(=N)N. The Morgan fingerprint density at radius 3 is 2.81 bits per heavy atom. The Labute approximate surface area is 157 Å². The number of ether oxygens (including phenoxy) is 2. The molecule has 0 unspecified atom stereocenters. The van der Waals surface area contributed by atoms with Gasteiger partial charge in [-0.15, -0.1) is 0 Å². The molecule has 144 valence electrons. The largest absolute Gasteiger partial charge is 0.382 e. The minimum atomic E-state index is -0.0624. The molecule has 2 heterocycles. The summed E-state index contributed by atoms with van der Waals surface area (Å²) in [7, 11) is 0. The van der Waals surface area contributed by atoms with Crippen molar-refractivity contribution < 1.29 is 9.47 Å². The number of rotatable bonds is 9. The van der Waals surface area contributed by atoms with Crippen molar-refractivity contribution in [1.29, 1.82) is 5.41 Å². The lowest BCUT2D eigenvalue weighted by Gasteiger charge is -2.12. The van der Waals surface area contributed by atoms with Crippen molar-refractivity contribution in [3.63, 3.8) is 0 Å². The highest BCUT2D eigenvalue weighted by atomic mass is 16.5. The molecule has 9 nitrogen and oxygen atoms in total. The van der Waals surface area contributed by atoms with Crippen LogP contribution in [0.4, 0.5) is 5.82 Å². The second kappa shape index (κ2) is 8.65. The summed E-state index contributed by atoms with van der Waals surface area (Å²) in [5.74, 6) is 1.14. The van der Waals surface area contributed by atoms with Crippen molar-refractivity contribution >= 4 is 33.7 Å². The topological polar surface area (TPSA) is 137 Å². The first-order valence-corrected chi connectivity index (χ1v) is 8.88. The van der Waals surface area contributed by atoms with Crippen molar-refractivity contribution in [1.82, 2.24) is 19.9 Å². The lowest BCUT2D eigenvalue weighted by molar-refractivity contribution is 0.115. The van der Waals surface area contributed by atoms with Gasteiger partial charge < -0.3 is 30.8 Å². The van der Waals surface area contributed by atoms with Crippen LogP contribution in [0.15, 0.2) is 24.3 Å². The number of guanidine groups is 1. The number of para-hydroxylation sites is 1. The van der Waals surface area contributed by atoms with Crippen molar-refractivity contribution in [2.75, 3.05) is 32.1 Å². The zero-order valence-corrected chi connectivity index (χ0v) is 15.4. The lowest BCUT2D eigenvalue weighted by atomic mass is 10.2.